The molecule has 0 spiro atoms. The monoisotopic (exact) mass is 560 g/mol. The molecule has 0 heterocycles. The minimum Gasteiger partial charge on any atom is -0.507 e. The first kappa shape index (κ1) is 31.8. The number of aromatic hydroxyl groups is 1. The van der Waals surface area contributed by atoms with Crippen molar-refractivity contribution in [3.63, 3.8) is 0 Å². The Morgan fingerprint density at radius 1 is 0.854 bits per heavy atom. The summed E-state index contributed by atoms with van der Waals surface area (Å²) in [5, 5.41) is 21.4. The highest BCUT2D eigenvalue weighted by Gasteiger charge is 2.14. The lowest BCUT2D eigenvalue weighted by molar-refractivity contribution is -0.134. The molecule has 3 aromatic carbocycles. The number of phenolic OH excluding ortho intramolecular Hbond substituents is 1. The SMILES string of the molecule is CCCCCCCCCCCC(=O)Oc1ccc(C=CC(O)c2ccc(OC)cc2OCc2ccccc2)c(O)c1. The third-order valence-corrected chi connectivity index (χ3v) is 6.95. The predicted molar refractivity (Wildman–Crippen MR) is 163 cm³/mol. The molecule has 0 aliphatic heterocycles. The van der Waals surface area contributed by atoms with Gasteiger partial charge < -0.3 is 24.4 Å². The van der Waals surface area contributed by atoms with E-state index in [1.807, 2.05) is 30.3 Å². The molecule has 220 valence electrons. The quantitative estimate of drug-likeness (QED) is 0.0921. The molecule has 0 aromatic heterocycles. The summed E-state index contributed by atoms with van der Waals surface area (Å²) in [6.07, 6.45) is 13.2. The third-order valence-electron chi connectivity index (χ3n) is 6.95. The van der Waals surface area contributed by atoms with Crippen LogP contribution in [0.2, 0.25) is 0 Å². The smallest absolute Gasteiger partial charge is 0.311 e. The van der Waals surface area contributed by atoms with Crippen LogP contribution < -0.4 is 14.2 Å². The van der Waals surface area contributed by atoms with E-state index in [4.69, 9.17) is 14.2 Å². The summed E-state index contributed by atoms with van der Waals surface area (Å²) in [6.45, 7) is 2.57. The Morgan fingerprint density at radius 3 is 2.22 bits per heavy atom. The van der Waals surface area contributed by atoms with Gasteiger partial charge in [-0.3, -0.25) is 4.79 Å². The zero-order valence-electron chi connectivity index (χ0n) is 24.4. The molecule has 2 N–H and O–H groups in total. The largest absolute Gasteiger partial charge is 0.507 e. The lowest BCUT2D eigenvalue weighted by atomic mass is 10.1. The normalized spacial score (nSPS) is 11.9. The highest BCUT2D eigenvalue weighted by Crippen LogP contribution is 2.32. The summed E-state index contributed by atoms with van der Waals surface area (Å²) in [6, 6.07) is 19.7. The Balaban J connectivity index is 1.50. The number of esters is 1. The third kappa shape index (κ3) is 11.3. The molecule has 0 fully saturated rings. The van der Waals surface area contributed by atoms with Gasteiger partial charge in [0.05, 0.1) is 7.11 Å². The van der Waals surface area contributed by atoms with E-state index in [0.29, 0.717) is 41.4 Å². The van der Waals surface area contributed by atoms with Crippen LogP contribution in [0.25, 0.3) is 6.08 Å². The number of aliphatic hydroxyl groups excluding tert-OH is 1. The van der Waals surface area contributed by atoms with Gasteiger partial charge in [-0.25, -0.2) is 0 Å². The summed E-state index contributed by atoms with van der Waals surface area (Å²) in [5.74, 6) is 1.08. The molecular formula is C35H44O6. The lowest BCUT2D eigenvalue weighted by Crippen LogP contribution is -2.07. The number of benzene rings is 3. The second-order valence-corrected chi connectivity index (χ2v) is 10.3. The Kier molecular flexibility index (Phi) is 13.8. The van der Waals surface area contributed by atoms with Crippen LogP contribution in [0.15, 0.2) is 72.8 Å². The maximum atomic E-state index is 12.2. The molecule has 3 aromatic rings. The predicted octanol–water partition coefficient (Wildman–Crippen LogP) is 8.55. The van der Waals surface area contributed by atoms with E-state index in [-0.39, 0.29) is 11.7 Å². The van der Waals surface area contributed by atoms with Crippen LogP contribution >= 0.6 is 0 Å². The Bertz CT molecular complexity index is 1220. The molecule has 0 radical (unpaired) electrons. The summed E-state index contributed by atoms with van der Waals surface area (Å²) >= 11 is 0. The Hall–Kier alpha value is -3.77. The minimum absolute atomic E-state index is 0.0443. The van der Waals surface area contributed by atoms with Crippen molar-refractivity contribution in [1.29, 1.82) is 0 Å². The van der Waals surface area contributed by atoms with Gasteiger partial charge in [-0.1, -0.05) is 101 Å². The van der Waals surface area contributed by atoms with Gasteiger partial charge >= 0.3 is 5.97 Å². The standard InChI is InChI=1S/C35H44O6/c1-3-4-5-6-7-8-9-10-14-17-35(38)41-30-20-18-28(33(37)24-30)19-23-32(36)31-22-21-29(39-2)25-34(31)40-26-27-15-12-11-13-16-27/h11-13,15-16,18-25,32,36-37H,3-10,14,17,26H2,1-2H3. The zero-order chi connectivity index (χ0) is 29.3. The Morgan fingerprint density at radius 2 is 1.54 bits per heavy atom. The number of phenols is 1. The van der Waals surface area contributed by atoms with Crippen molar-refractivity contribution in [2.24, 2.45) is 0 Å². The molecule has 0 saturated heterocycles. The van der Waals surface area contributed by atoms with E-state index in [0.717, 1.165) is 24.8 Å². The minimum atomic E-state index is -0.986. The van der Waals surface area contributed by atoms with Crippen molar-refractivity contribution in [1.82, 2.24) is 0 Å². The van der Waals surface area contributed by atoms with Crippen LogP contribution in [0.1, 0.15) is 93.9 Å². The van der Waals surface area contributed by atoms with Crippen molar-refractivity contribution in [2.75, 3.05) is 7.11 Å². The number of rotatable bonds is 18. The number of hydrogen-bond acceptors (Lipinski definition) is 6. The number of hydrogen-bond donors (Lipinski definition) is 2. The van der Waals surface area contributed by atoms with Gasteiger partial charge in [-0.2, -0.15) is 0 Å². The van der Waals surface area contributed by atoms with Gasteiger partial charge in [-0.05, 0) is 36.2 Å². The molecule has 41 heavy (non-hydrogen) atoms. The van der Waals surface area contributed by atoms with E-state index in [2.05, 4.69) is 6.92 Å². The summed E-state index contributed by atoms with van der Waals surface area (Å²) in [5.41, 5.74) is 2.06. The number of aliphatic hydroxyl groups is 1. The van der Waals surface area contributed by atoms with Crippen LogP contribution in [0.4, 0.5) is 0 Å². The first-order valence-corrected chi connectivity index (χ1v) is 14.7. The molecule has 0 amide bonds. The highest BCUT2D eigenvalue weighted by molar-refractivity contribution is 5.73. The van der Waals surface area contributed by atoms with E-state index >= 15 is 0 Å². The van der Waals surface area contributed by atoms with Crippen molar-refractivity contribution < 1.29 is 29.2 Å². The molecular weight excluding hydrogens is 516 g/mol. The van der Waals surface area contributed by atoms with Crippen LogP contribution in [-0.4, -0.2) is 23.3 Å². The summed E-state index contributed by atoms with van der Waals surface area (Å²) < 4.78 is 16.8. The van der Waals surface area contributed by atoms with E-state index in [1.54, 1.807) is 49.6 Å². The zero-order valence-corrected chi connectivity index (χ0v) is 24.4. The summed E-state index contributed by atoms with van der Waals surface area (Å²) in [7, 11) is 1.58. The molecule has 0 bridgehead atoms. The van der Waals surface area contributed by atoms with Gasteiger partial charge in [-0.15, -0.1) is 0 Å². The van der Waals surface area contributed by atoms with Crippen LogP contribution in [0.3, 0.4) is 0 Å². The second kappa shape index (κ2) is 17.8. The number of methoxy groups -OCH3 is 1. The van der Waals surface area contributed by atoms with Crippen molar-refractivity contribution in [2.45, 2.75) is 83.8 Å². The molecule has 0 saturated carbocycles. The fourth-order valence-corrected chi connectivity index (χ4v) is 4.54. The van der Waals surface area contributed by atoms with Crippen LogP contribution in [0, 0.1) is 0 Å². The van der Waals surface area contributed by atoms with Gasteiger partial charge in [0, 0.05) is 29.7 Å². The molecule has 0 aliphatic rings. The number of ether oxygens (including phenoxy) is 3. The first-order chi connectivity index (χ1) is 20.0. The van der Waals surface area contributed by atoms with Crippen LogP contribution in [0.5, 0.6) is 23.0 Å². The first-order valence-electron chi connectivity index (χ1n) is 14.7. The highest BCUT2D eigenvalue weighted by atomic mass is 16.5. The number of unbranched alkanes of at least 4 members (excludes halogenated alkanes) is 8. The van der Waals surface area contributed by atoms with Gasteiger partial charge in [0.2, 0.25) is 0 Å². The fraction of sp³-hybridized carbons (Fsp3) is 0.400. The lowest BCUT2D eigenvalue weighted by Gasteiger charge is -2.15. The van der Waals surface area contributed by atoms with Crippen molar-refractivity contribution in [3.05, 3.63) is 89.5 Å². The topological polar surface area (TPSA) is 85.2 Å². The van der Waals surface area contributed by atoms with Crippen molar-refractivity contribution >= 4 is 12.0 Å². The number of carbonyl (C=O) groups excluding carboxylic acids is 1. The van der Waals surface area contributed by atoms with E-state index in [1.165, 1.54) is 44.6 Å². The molecule has 3 rings (SSSR count). The molecule has 6 heteroatoms. The average Bonchev–Trinajstić information content (AvgIpc) is 2.99. The maximum Gasteiger partial charge on any atom is 0.311 e. The van der Waals surface area contributed by atoms with Gasteiger partial charge in [0.1, 0.15) is 35.7 Å². The van der Waals surface area contributed by atoms with Gasteiger partial charge in [0.25, 0.3) is 0 Å². The molecule has 6 nitrogen and oxygen atoms in total. The molecule has 1 atom stereocenters. The van der Waals surface area contributed by atoms with Crippen LogP contribution in [-0.2, 0) is 11.4 Å². The van der Waals surface area contributed by atoms with Gasteiger partial charge in [0.15, 0.2) is 0 Å². The molecule has 0 aliphatic carbocycles. The second-order valence-electron chi connectivity index (χ2n) is 10.3. The fourth-order valence-electron chi connectivity index (χ4n) is 4.54. The van der Waals surface area contributed by atoms with E-state index < -0.39 is 6.10 Å². The number of carbonyl (C=O) groups is 1. The molecule has 1 unspecified atom stereocenters. The van der Waals surface area contributed by atoms with Crippen molar-refractivity contribution in [3.8, 4) is 23.0 Å². The summed E-state index contributed by atoms with van der Waals surface area (Å²) in [4.78, 5) is 12.2. The average molecular weight is 561 g/mol. The Labute approximate surface area is 244 Å². The van der Waals surface area contributed by atoms with E-state index in [9.17, 15) is 15.0 Å². The maximum absolute atomic E-state index is 12.2.